The molecule has 0 aliphatic carbocycles. The van der Waals surface area contributed by atoms with Gasteiger partial charge in [-0.15, -0.1) is 0 Å². The van der Waals surface area contributed by atoms with Gasteiger partial charge in [-0.25, -0.2) is 15.0 Å². The van der Waals surface area contributed by atoms with Crippen molar-refractivity contribution in [2.24, 2.45) is 12.0 Å². The molecule has 0 spiro atoms. The van der Waals surface area contributed by atoms with Crippen LogP contribution in [0.25, 0.3) is 11.1 Å². The van der Waals surface area contributed by atoms with E-state index < -0.39 is 0 Å². The summed E-state index contributed by atoms with van der Waals surface area (Å²) in [5, 5.41) is 11.8. The number of aromatic amines is 1. The number of amidine groups is 1. The van der Waals surface area contributed by atoms with Gasteiger partial charge in [0.2, 0.25) is 5.95 Å². The van der Waals surface area contributed by atoms with Crippen molar-refractivity contribution in [3.63, 3.8) is 0 Å². The molecule has 1 aliphatic heterocycles. The van der Waals surface area contributed by atoms with E-state index in [-0.39, 0.29) is 5.41 Å². The Morgan fingerprint density at radius 2 is 1.72 bits per heavy atom. The quantitative estimate of drug-likeness (QED) is 0.323. The van der Waals surface area contributed by atoms with Crippen LogP contribution in [0.2, 0.25) is 0 Å². The second-order valence-electron chi connectivity index (χ2n) is 9.52. The van der Waals surface area contributed by atoms with Crippen molar-refractivity contribution in [3.8, 4) is 11.1 Å². The monoisotopic (exact) mass is 481 g/mol. The van der Waals surface area contributed by atoms with Crippen LogP contribution in [0.5, 0.6) is 0 Å². The standard InChI is InChI=1S/C27H31N9/c1-27(2,22-7-5-4-6-8-22)23-16-30-26(31-17-23)36-11-9-35(10-12-36)25(32-19-28)24-13-20(14-29-24)21-15-33-34(3)18-21/h4-8,13-19,28-29H,9-12H2,1-3H3/b28-19?,32-25+. The maximum atomic E-state index is 7.59. The first-order chi connectivity index (χ1) is 17.5. The average Bonchev–Trinajstić information content (AvgIpc) is 3.57. The highest BCUT2D eigenvalue weighted by molar-refractivity contribution is 6.01. The Bertz CT molecular complexity index is 1340. The fourth-order valence-electron chi connectivity index (χ4n) is 4.59. The number of aliphatic imine (C=N–C) groups is 1. The lowest BCUT2D eigenvalue weighted by Gasteiger charge is -2.36. The van der Waals surface area contributed by atoms with Gasteiger partial charge in [0, 0.05) is 74.6 Å². The number of hydrogen-bond acceptors (Lipinski definition) is 5. The molecule has 0 radical (unpaired) electrons. The number of aryl methyl sites for hydroxylation is 1. The minimum absolute atomic E-state index is 0.165. The Hall–Kier alpha value is -4.27. The summed E-state index contributed by atoms with van der Waals surface area (Å²) in [6.45, 7) is 7.46. The van der Waals surface area contributed by atoms with Crippen LogP contribution in [-0.4, -0.2) is 68.0 Å². The highest BCUT2D eigenvalue weighted by atomic mass is 15.3. The summed E-state index contributed by atoms with van der Waals surface area (Å²) in [6.07, 6.45) is 10.8. The Labute approximate surface area is 211 Å². The van der Waals surface area contributed by atoms with E-state index in [4.69, 9.17) is 15.4 Å². The number of hydrogen-bond donors (Lipinski definition) is 2. The topological polar surface area (TPSA) is 102 Å². The first-order valence-corrected chi connectivity index (χ1v) is 12.1. The van der Waals surface area contributed by atoms with Gasteiger partial charge in [0.1, 0.15) is 6.34 Å². The SMILES string of the molecule is Cn1cc(-c2c[nH]c(/C(=N\C=N)N3CCN(c4ncc(C(C)(C)c5ccccc5)cn4)CC3)c2)cn1. The predicted octanol–water partition coefficient (Wildman–Crippen LogP) is 3.71. The van der Waals surface area contributed by atoms with Crippen LogP contribution in [0.1, 0.15) is 30.7 Å². The summed E-state index contributed by atoms with van der Waals surface area (Å²) in [6, 6.07) is 12.5. The minimum atomic E-state index is -0.165. The van der Waals surface area contributed by atoms with Gasteiger partial charge >= 0.3 is 0 Å². The predicted molar refractivity (Wildman–Crippen MR) is 143 cm³/mol. The van der Waals surface area contributed by atoms with Crippen LogP contribution in [-0.2, 0) is 12.5 Å². The van der Waals surface area contributed by atoms with Gasteiger partial charge < -0.3 is 14.8 Å². The van der Waals surface area contributed by atoms with Crippen molar-refractivity contribution in [2.45, 2.75) is 19.3 Å². The first kappa shape index (κ1) is 23.5. The van der Waals surface area contributed by atoms with E-state index in [1.807, 2.05) is 44.1 Å². The molecular formula is C27H31N9. The largest absolute Gasteiger partial charge is 0.358 e. The number of H-pyrrole nitrogens is 1. The molecule has 0 saturated carbocycles. The smallest absolute Gasteiger partial charge is 0.225 e. The van der Waals surface area contributed by atoms with E-state index >= 15 is 0 Å². The van der Waals surface area contributed by atoms with Crippen LogP contribution >= 0.6 is 0 Å². The lowest BCUT2D eigenvalue weighted by Crippen LogP contribution is -2.49. The maximum Gasteiger partial charge on any atom is 0.225 e. The Morgan fingerprint density at radius 3 is 2.36 bits per heavy atom. The zero-order valence-electron chi connectivity index (χ0n) is 20.9. The molecule has 0 atom stereocenters. The fourth-order valence-corrected chi connectivity index (χ4v) is 4.59. The number of benzene rings is 1. The highest BCUT2D eigenvalue weighted by Crippen LogP contribution is 2.31. The van der Waals surface area contributed by atoms with Crippen molar-refractivity contribution >= 4 is 18.1 Å². The molecule has 4 aromatic rings. The zero-order valence-corrected chi connectivity index (χ0v) is 20.9. The molecule has 1 aromatic carbocycles. The summed E-state index contributed by atoms with van der Waals surface area (Å²) >= 11 is 0. The van der Waals surface area contributed by atoms with Gasteiger partial charge in [-0.1, -0.05) is 44.2 Å². The third-order valence-electron chi connectivity index (χ3n) is 6.87. The molecule has 36 heavy (non-hydrogen) atoms. The van der Waals surface area contributed by atoms with Gasteiger partial charge in [-0.3, -0.25) is 10.1 Å². The third-order valence-corrected chi connectivity index (χ3v) is 6.87. The van der Waals surface area contributed by atoms with E-state index in [2.05, 4.69) is 69.1 Å². The second kappa shape index (κ2) is 9.77. The maximum absolute atomic E-state index is 7.59. The molecule has 2 N–H and O–H groups in total. The van der Waals surface area contributed by atoms with Crippen LogP contribution in [0, 0.1) is 5.41 Å². The van der Waals surface area contributed by atoms with Gasteiger partial charge in [0.05, 0.1) is 11.9 Å². The first-order valence-electron chi connectivity index (χ1n) is 12.1. The van der Waals surface area contributed by atoms with Crippen LogP contribution < -0.4 is 4.90 Å². The van der Waals surface area contributed by atoms with Crippen LogP contribution in [0.3, 0.4) is 0 Å². The molecule has 1 saturated heterocycles. The summed E-state index contributed by atoms with van der Waals surface area (Å²) in [5.41, 5.74) is 5.13. The second-order valence-corrected chi connectivity index (χ2v) is 9.52. The van der Waals surface area contributed by atoms with Crippen molar-refractivity contribution in [1.82, 2.24) is 29.6 Å². The normalized spacial score (nSPS) is 14.8. The van der Waals surface area contributed by atoms with E-state index in [0.717, 1.165) is 66.7 Å². The van der Waals surface area contributed by atoms with Crippen molar-refractivity contribution in [1.29, 1.82) is 5.41 Å². The average molecular weight is 482 g/mol. The lowest BCUT2D eigenvalue weighted by molar-refractivity contribution is 0.383. The molecule has 0 unspecified atom stereocenters. The summed E-state index contributed by atoms with van der Waals surface area (Å²) in [4.78, 5) is 21.5. The molecule has 0 amide bonds. The van der Waals surface area contributed by atoms with Gasteiger partial charge in [-0.05, 0) is 17.2 Å². The van der Waals surface area contributed by atoms with Gasteiger partial charge in [0.15, 0.2) is 5.84 Å². The Balaban J connectivity index is 1.26. The van der Waals surface area contributed by atoms with Crippen LogP contribution in [0.15, 0.2) is 72.4 Å². The molecule has 4 heterocycles. The van der Waals surface area contributed by atoms with E-state index in [0.29, 0.717) is 0 Å². The van der Waals surface area contributed by atoms with Crippen molar-refractivity contribution < 1.29 is 0 Å². The Morgan fingerprint density at radius 1 is 1.00 bits per heavy atom. The van der Waals surface area contributed by atoms with E-state index in [1.54, 1.807) is 4.68 Å². The Kier molecular flexibility index (Phi) is 6.37. The van der Waals surface area contributed by atoms with Gasteiger partial charge in [0.25, 0.3) is 0 Å². The summed E-state index contributed by atoms with van der Waals surface area (Å²) < 4.78 is 1.78. The molecule has 5 rings (SSSR count). The number of aromatic nitrogens is 5. The van der Waals surface area contributed by atoms with Crippen molar-refractivity contribution in [2.75, 3.05) is 31.1 Å². The van der Waals surface area contributed by atoms with Crippen LogP contribution in [0.4, 0.5) is 5.95 Å². The zero-order chi connectivity index (χ0) is 25.1. The number of anilines is 1. The summed E-state index contributed by atoms with van der Waals surface area (Å²) in [5.74, 6) is 1.51. The minimum Gasteiger partial charge on any atom is -0.358 e. The van der Waals surface area contributed by atoms with Gasteiger partial charge in [-0.2, -0.15) is 5.10 Å². The van der Waals surface area contributed by atoms with E-state index in [1.165, 1.54) is 5.56 Å². The molecule has 9 heteroatoms. The molecule has 1 aliphatic rings. The molecule has 184 valence electrons. The number of piperazine rings is 1. The summed E-state index contributed by atoms with van der Waals surface area (Å²) in [7, 11) is 1.90. The molecule has 1 fully saturated rings. The lowest BCUT2D eigenvalue weighted by atomic mass is 9.79. The van der Waals surface area contributed by atoms with E-state index in [9.17, 15) is 0 Å². The van der Waals surface area contributed by atoms with Crippen molar-refractivity contribution in [3.05, 3.63) is 84.2 Å². The fraction of sp³-hybridized carbons (Fsp3) is 0.296. The number of nitrogens with zero attached hydrogens (tertiary/aromatic N) is 7. The highest BCUT2D eigenvalue weighted by Gasteiger charge is 2.26. The molecule has 0 bridgehead atoms. The number of nitrogens with one attached hydrogen (secondary N) is 2. The number of rotatable bonds is 6. The molecular weight excluding hydrogens is 450 g/mol. The molecule has 9 nitrogen and oxygen atoms in total. The molecule has 3 aromatic heterocycles. The third kappa shape index (κ3) is 4.64.